The number of aryl methyl sites for hydroxylation is 1. The Hall–Kier alpha value is -2.20. The van der Waals surface area contributed by atoms with Crippen LogP contribution in [0.1, 0.15) is 29.8 Å². The number of Topliss-reactive ketones (excluding diaryl/α,β-unsaturated/α-hetero) is 1. The molecule has 0 saturated heterocycles. The topological polar surface area (TPSA) is 41.1 Å². The van der Waals surface area contributed by atoms with Crippen molar-refractivity contribution < 1.29 is 4.79 Å². The van der Waals surface area contributed by atoms with E-state index >= 15 is 0 Å². The van der Waals surface area contributed by atoms with Gasteiger partial charge in [0.1, 0.15) is 0 Å². The van der Waals surface area contributed by atoms with E-state index < -0.39 is 0 Å². The van der Waals surface area contributed by atoms with Crippen LogP contribution in [0.25, 0.3) is 0 Å². The predicted molar refractivity (Wildman–Crippen MR) is 92.1 cm³/mol. The number of nitrogens with one attached hydrogen (secondary N) is 2. The molecule has 0 aliphatic heterocycles. The molecule has 0 atom stereocenters. The molecule has 0 unspecified atom stereocenters. The molecule has 0 aliphatic carbocycles. The Kier molecular flexibility index (Phi) is 5.06. The predicted octanol–water partition coefficient (Wildman–Crippen LogP) is 4.26. The summed E-state index contributed by atoms with van der Waals surface area (Å²) in [6, 6.07) is 15.4. The van der Waals surface area contributed by atoms with Gasteiger partial charge in [0.2, 0.25) is 0 Å². The second kappa shape index (κ2) is 6.99. The summed E-state index contributed by atoms with van der Waals surface area (Å²) in [5.74, 6) is 0.0353. The summed E-state index contributed by atoms with van der Waals surface area (Å²) in [5, 5.41) is 6.74. The zero-order valence-electron chi connectivity index (χ0n) is 12.1. The van der Waals surface area contributed by atoms with Gasteiger partial charge in [-0.3, -0.25) is 4.79 Å². The number of hydrogen-bond acceptors (Lipinski definition) is 2. The number of thiocarbonyl (C=S) groups is 1. The van der Waals surface area contributed by atoms with Crippen LogP contribution >= 0.6 is 12.2 Å². The van der Waals surface area contributed by atoms with E-state index in [1.165, 1.54) is 5.56 Å². The van der Waals surface area contributed by atoms with E-state index in [2.05, 4.69) is 29.7 Å². The molecule has 0 aromatic heterocycles. The minimum Gasteiger partial charge on any atom is -0.332 e. The maximum absolute atomic E-state index is 11.4. The highest BCUT2D eigenvalue weighted by molar-refractivity contribution is 7.80. The molecule has 0 fully saturated rings. The zero-order chi connectivity index (χ0) is 15.2. The molecule has 0 heterocycles. The molecule has 0 saturated carbocycles. The summed E-state index contributed by atoms with van der Waals surface area (Å²) < 4.78 is 0. The lowest BCUT2D eigenvalue weighted by atomic mass is 10.1. The van der Waals surface area contributed by atoms with E-state index in [4.69, 9.17) is 12.2 Å². The zero-order valence-corrected chi connectivity index (χ0v) is 13.0. The van der Waals surface area contributed by atoms with Gasteiger partial charge in [0.25, 0.3) is 0 Å². The highest BCUT2D eigenvalue weighted by atomic mass is 32.1. The molecular weight excluding hydrogens is 280 g/mol. The van der Waals surface area contributed by atoms with Crippen molar-refractivity contribution in [1.29, 1.82) is 0 Å². The van der Waals surface area contributed by atoms with E-state index in [1.807, 2.05) is 24.3 Å². The van der Waals surface area contributed by atoms with Gasteiger partial charge in [0, 0.05) is 16.9 Å². The molecule has 0 aliphatic rings. The molecule has 21 heavy (non-hydrogen) atoms. The van der Waals surface area contributed by atoms with Crippen LogP contribution in [0.2, 0.25) is 0 Å². The minimum atomic E-state index is 0.0353. The summed E-state index contributed by atoms with van der Waals surface area (Å²) >= 11 is 5.30. The normalized spacial score (nSPS) is 10.0. The second-order valence-electron chi connectivity index (χ2n) is 4.77. The van der Waals surface area contributed by atoms with Gasteiger partial charge >= 0.3 is 0 Å². The molecule has 0 amide bonds. The van der Waals surface area contributed by atoms with E-state index in [1.54, 1.807) is 19.1 Å². The Morgan fingerprint density at radius 1 is 1.05 bits per heavy atom. The standard InChI is InChI=1S/C17H18N2OS/c1-3-13-6-4-8-15(10-13)18-17(21)19-16-9-5-7-14(11-16)12(2)20/h4-11H,3H2,1-2H3,(H2,18,19,21). The van der Waals surface area contributed by atoms with Gasteiger partial charge in [0.15, 0.2) is 10.9 Å². The maximum atomic E-state index is 11.4. The van der Waals surface area contributed by atoms with Crippen LogP contribution in [0.5, 0.6) is 0 Å². The number of ketones is 1. The third-order valence-corrected chi connectivity index (χ3v) is 3.32. The van der Waals surface area contributed by atoms with Crippen molar-refractivity contribution in [3.05, 3.63) is 59.7 Å². The van der Waals surface area contributed by atoms with Crippen molar-refractivity contribution in [2.24, 2.45) is 0 Å². The van der Waals surface area contributed by atoms with Crippen LogP contribution in [0.4, 0.5) is 11.4 Å². The van der Waals surface area contributed by atoms with Crippen molar-refractivity contribution in [3.63, 3.8) is 0 Å². The molecule has 2 N–H and O–H groups in total. The Morgan fingerprint density at radius 3 is 2.29 bits per heavy atom. The maximum Gasteiger partial charge on any atom is 0.175 e. The lowest BCUT2D eigenvalue weighted by Crippen LogP contribution is -2.19. The van der Waals surface area contributed by atoms with Crippen LogP contribution in [0.15, 0.2) is 48.5 Å². The van der Waals surface area contributed by atoms with E-state index in [0.29, 0.717) is 10.7 Å². The first-order valence-corrected chi connectivity index (χ1v) is 7.27. The number of carbonyl (C=O) groups excluding carboxylic acids is 1. The fraction of sp³-hybridized carbons (Fsp3) is 0.176. The highest BCUT2D eigenvalue weighted by Gasteiger charge is 2.03. The van der Waals surface area contributed by atoms with Crippen LogP contribution in [-0.4, -0.2) is 10.9 Å². The average molecular weight is 298 g/mol. The van der Waals surface area contributed by atoms with Gasteiger partial charge in [0.05, 0.1) is 0 Å². The van der Waals surface area contributed by atoms with Crippen LogP contribution in [0, 0.1) is 0 Å². The summed E-state index contributed by atoms with van der Waals surface area (Å²) in [6.45, 7) is 3.66. The molecule has 0 bridgehead atoms. The largest absolute Gasteiger partial charge is 0.332 e. The van der Waals surface area contributed by atoms with Gasteiger partial charge < -0.3 is 10.6 Å². The number of benzene rings is 2. The van der Waals surface area contributed by atoms with E-state index in [9.17, 15) is 4.79 Å². The number of carbonyl (C=O) groups is 1. The molecule has 2 rings (SSSR count). The fourth-order valence-corrected chi connectivity index (χ4v) is 2.21. The molecule has 2 aromatic carbocycles. The Labute approximate surface area is 130 Å². The third kappa shape index (κ3) is 4.39. The second-order valence-corrected chi connectivity index (χ2v) is 5.18. The quantitative estimate of drug-likeness (QED) is 0.653. The summed E-state index contributed by atoms with van der Waals surface area (Å²) in [5.41, 5.74) is 3.67. The van der Waals surface area contributed by atoms with Crippen LogP contribution < -0.4 is 10.6 Å². The lowest BCUT2D eigenvalue weighted by Gasteiger charge is -2.12. The Balaban J connectivity index is 2.04. The molecule has 108 valence electrons. The summed E-state index contributed by atoms with van der Waals surface area (Å²) in [6.07, 6.45) is 0.983. The lowest BCUT2D eigenvalue weighted by molar-refractivity contribution is 0.101. The van der Waals surface area contributed by atoms with Crippen molar-refractivity contribution in [3.8, 4) is 0 Å². The smallest absolute Gasteiger partial charge is 0.175 e. The van der Waals surface area contributed by atoms with Crippen molar-refractivity contribution in [1.82, 2.24) is 0 Å². The van der Waals surface area contributed by atoms with Crippen molar-refractivity contribution in [2.45, 2.75) is 20.3 Å². The first kappa shape index (κ1) is 15.2. The number of hydrogen-bond donors (Lipinski definition) is 2. The summed E-state index contributed by atoms with van der Waals surface area (Å²) in [4.78, 5) is 11.4. The number of anilines is 2. The Morgan fingerprint density at radius 2 is 1.67 bits per heavy atom. The fourth-order valence-electron chi connectivity index (χ4n) is 1.98. The van der Waals surface area contributed by atoms with Gasteiger partial charge in [-0.1, -0.05) is 31.2 Å². The molecule has 2 aromatic rings. The van der Waals surface area contributed by atoms with E-state index in [0.717, 1.165) is 17.8 Å². The first-order valence-electron chi connectivity index (χ1n) is 6.86. The van der Waals surface area contributed by atoms with E-state index in [-0.39, 0.29) is 5.78 Å². The summed E-state index contributed by atoms with van der Waals surface area (Å²) in [7, 11) is 0. The monoisotopic (exact) mass is 298 g/mol. The van der Waals surface area contributed by atoms with Crippen molar-refractivity contribution in [2.75, 3.05) is 10.6 Å². The third-order valence-electron chi connectivity index (χ3n) is 3.12. The molecule has 0 radical (unpaired) electrons. The average Bonchev–Trinajstić information content (AvgIpc) is 2.47. The Bertz CT molecular complexity index is 667. The molecule has 4 heteroatoms. The van der Waals surface area contributed by atoms with Gasteiger partial charge in [-0.15, -0.1) is 0 Å². The van der Waals surface area contributed by atoms with Gasteiger partial charge in [-0.05, 0) is 55.4 Å². The van der Waals surface area contributed by atoms with Crippen molar-refractivity contribution >= 4 is 34.5 Å². The SMILES string of the molecule is CCc1cccc(NC(=S)Nc2cccc(C(C)=O)c2)c1. The molecule has 0 spiro atoms. The van der Waals surface area contributed by atoms with Gasteiger partial charge in [-0.2, -0.15) is 0 Å². The number of rotatable bonds is 4. The highest BCUT2D eigenvalue weighted by Crippen LogP contribution is 2.14. The minimum absolute atomic E-state index is 0.0353. The van der Waals surface area contributed by atoms with Gasteiger partial charge in [-0.25, -0.2) is 0 Å². The van der Waals surface area contributed by atoms with Crippen LogP contribution in [-0.2, 0) is 6.42 Å². The molecular formula is C17H18N2OS. The molecule has 3 nitrogen and oxygen atoms in total. The van der Waals surface area contributed by atoms with Crippen LogP contribution in [0.3, 0.4) is 0 Å². The first-order chi connectivity index (χ1) is 10.1.